The summed E-state index contributed by atoms with van der Waals surface area (Å²) in [4.78, 5) is 22.6. The second kappa shape index (κ2) is 6.18. The molecule has 1 atom stereocenters. The summed E-state index contributed by atoms with van der Waals surface area (Å²) in [7, 11) is 0. The van der Waals surface area contributed by atoms with Crippen molar-refractivity contribution in [3.05, 3.63) is 0 Å². The van der Waals surface area contributed by atoms with Gasteiger partial charge in [0.15, 0.2) is 0 Å². The Morgan fingerprint density at radius 1 is 1.17 bits per heavy atom. The van der Waals surface area contributed by atoms with Gasteiger partial charge in [0.1, 0.15) is 0 Å². The minimum absolute atomic E-state index is 0.127. The van der Waals surface area contributed by atoms with Gasteiger partial charge in [0.2, 0.25) is 5.91 Å². The molecule has 0 aromatic heterocycles. The van der Waals surface area contributed by atoms with E-state index in [4.69, 9.17) is 5.11 Å². The number of carbonyl (C=O) groups is 2. The number of carboxylic acid groups (broad SMARTS) is 1. The average molecular weight is 254 g/mol. The molecule has 1 amide bonds. The summed E-state index contributed by atoms with van der Waals surface area (Å²) < 4.78 is 0. The molecule has 2 aliphatic rings. The number of hydrogen-bond acceptors (Lipinski definition) is 3. The zero-order valence-electron chi connectivity index (χ0n) is 10.7. The van der Waals surface area contributed by atoms with Gasteiger partial charge in [0.05, 0.1) is 5.92 Å². The number of rotatable bonds is 4. The van der Waals surface area contributed by atoms with Crippen molar-refractivity contribution < 1.29 is 14.7 Å². The van der Waals surface area contributed by atoms with E-state index in [0.717, 1.165) is 32.4 Å². The summed E-state index contributed by atoms with van der Waals surface area (Å²) in [6.07, 6.45) is 4.65. The van der Waals surface area contributed by atoms with Gasteiger partial charge in [-0.3, -0.25) is 9.59 Å². The third-order valence-electron chi connectivity index (χ3n) is 4.08. The molecule has 1 saturated carbocycles. The lowest BCUT2D eigenvalue weighted by atomic mass is 9.86. The Labute approximate surface area is 107 Å². The Kier molecular flexibility index (Phi) is 4.58. The highest BCUT2D eigenvalue weighted by atomic mass is 16.4. The lowest BCUT2D eigenvalue weighted by Gasteiger charge is -2.27. The van der Waals surface area contributed by atoms with Gasteiger partial charge in [-0.15, -0.1) is 0 Å². The van der Waals surface area contributed by atoms with Crippen LogP contribution in [0.15, 0.2) is 0 Å². The van der Waals surface area contributed by atoms with E-state index >= 15 is 0 Å². The third-order valence-corrected chi connectivity index (χ3v) is 4.08. The summed E-state index contributed by atoms with van der Waals surface area (Å²) in [5, 5.41) is 15.2. The van der Waals surface area contributed by atoms with Gasteiger partial charge in [-0.1, -0.05) is 0 Å². The van der Waals surface area contributed by atoms with Crippen molar-refractivity contribution in [1.29, 1.82) is 0 Å². The summed E-state index contributed by atoms with van der Waals surface area (Å²) in [6, 6.07) is 0.183. The monoisotopic (exact) mass is 254 g/mol. The van der Waals surface area contributed by atoms with Crippen LogP contribution in [0.5, 0.6) is 0 Å². The zero-order chi connectivity index (χ0) is 13.0. The van der Waals surface area contributed by atoms with Crippen LogP contribution in [0.25, 0.3) is 0 Å². The normalized spacial score (nSPS) is 32.1. The van der Waals surface area contributed by atoms with Crippen molar-refractivity contribution in [2.24, 2.45) is 11.8 Å². The molecule has 18 heavy (non-hydrogen) atoms. The topological polar surface area (TPSA) is 78.4 Å². The van der Waals surface area contributed by atoms with Crippen LogP contribution in [0, 0.1) is 11.8 Å². The Balaban J connectivity index is 1.67. The molecular weight excluding hydrogens is 232 g/mol. The van der Waals surface area contributed by atoms with Crippen molar-refractivity contribution >= 4 is 11.9 Å². The van der Waals surface area contributed by atoms with Gasteiger partial charge < -0.3 is 15.7 Å². The summed E-state index contributed by atoms with van der Waals surface area (Å²) in [5.41, 5.74) is 0. The number of carbonyl (C=O) groups excluding carboxylic acids is 1. The highest BCUT2D eigenvalue weighted by Gasteiger charge is 2.27. The first kappa shape index (κ1) is 13.3. The molecule has 0 radical (unpaired) electrons. The fraction of sp³-hybridized carbons (Fsp3) is 0.846. The van der Waals surface area contributed by atoms with E-state index in [0.29, 0.717) is 25.2 Å². The second-order valence-corrected chi connectivity index (χ2v) is 5.52. The molecule has 0 spiro atoms. The maximum Gasteiger partial charge on any atom is 0.306 e. The lowest BCUT2D eigenvalue weighted by molar-refractivity contribution is -0.142. The average Bonchev–Trinajstić information content (AvgIpc) is 2.82. The fourth-order valence-electron chi connectivity index (χ4n) is 2.92. The van der Waals surface area contributed by atoms with Gasteiger partial charge in [-0.2, -0.15) is 0 Å². The minimum Gasteiger partial charge on any atom is -0.481 e. The molecule has 102 valence electrons. The van der Waals surface area contributed by atoms with Crippen LogP contribution >= 0.6 is 0 Å². The first-order chi connectivity index (χ1) is 8.65. The van der Waals surface area contributed by atoms with Crippen molar-refractivity contribution in [1.82, 2.24) is 10.6 Å². The molecule has 0 aromatic rings. The van der Waals surface area contributed by atoms with E-state index in [1.807, 2.05) is 0 Å². The molecule has 0 bridgehead atoms. The molecule has 5 nitrogen and oxygen atoms in total. The highest BCUT2D eigenvalue weighted by molar-refractivity contribution is 5.76. The molecule has 1 aliphatic heterocycles. The van der Waals surface area contributed by atoms with Crippen molar-refractivity contribution in [3.63, 3.8) is 0 Å². The first-order valence-electron chi connectivity index (χ1n) is 6.88. The second-order valence-electron chi connectivity index (χ2n) is 5.52. The van der Waals surface area contributed by atoms with Crippen molar-refractivity contribution in [3.8, 4) is 0 Å². The molecule has 1 aliphatic carbocycles. The Morgan fingerprint density at radius 3 is 2.44 bits per heavy atom. The Bertz CT molecular complexity index is 305. The maximum atomic E-state index is 11.8. The summed E-state index contributed by atoms with van der Waals surface area (Å²) in [5.74, 6) is -0.308. The lowest BCUT2D eigenvalue weighted by Crippen LogP contribution is -2.39. The van der Waals surface area contributed by atoms with E-state index in [1.54, 1.807) is 0 Å². The number of aliphatic carboxylic acids is 1. The summed E-state index contributed by atoms with van der Waals surface area (Å²) in [6.45, 7) is 1.96. The quantitative estimate of drug-likeness (QED) is 0.691. The molecule has 2 rings (SSSR count). The van der Waals surface area contributed by atoms with E-state index in [9.17, 15) is 9.59 Å². The molecule has 0 aromatic carbocycles. The number of hydrogen-bond donors (Lipinski definition) is 3. The van der Waals surface area contributed by atoms with Crippen LogP contribution in [-0.4, -0.2) is 36.1 Å². The first-order valence-corrected chi connectivity index (χ1v) is 6.88. The molecule has 2 fully saturated rings. The molecule has 1 heterocycles. The predicted octanol–water partition coefficient (Wildman–Crippen LogP) is 0.746. The largest absolute Gasteiger partial charge is 0.481 e. The van der Waals surface area contributed by atoms with Gasteiger partial charge in [-0.25, -0.2) is 0 Å². The van der Waals surface area contributed by atoms with Crippen LogP contribution in [-0.2, 0) is 9.59 Å². The van der Waals surface area contributed by atoms with Crippen LogP contribution in [0.1, 0.15) is 38.5 Å². The molecule has 5 heteroatoms. The molecule has 3 N–H and O–H groups in total. The fourth-order valence-corrected chi connectivity index (χ4v) is 2.92. The minimum atomic E-state index is -0.697. The zero-order valence-corrected chi connectivity index (χ0v) is 10.7. The smallest absolute Gasteiger partial charge is 0.306 e. The van der Waals surface area contributed by atoms with Crippen LogP contribution in [0.2, 0.25) is 0 Å². The van der Waals surface area contributed by atoms with Crippen LogP contribution in [0.3, 0.4) is 0 Å². The van der Waals surface area contributed by atoms with E-state index in [1.165, 1.54) is 0 Å². The Morgan fingerprint density at radius 2 is 1.89 bits per heavy atom. The van der Waals surface area contributed by atoms with Gasteiger partial charge in [0.25, 0.3) is 0 Å². The molecular formula is C13H22N2O3. The summed E-state index contributed by atoms with van der Waals surface area (Å²) >= 11 is 0. The van der Waals surface area contributed by atoms with Gasteiger partial charge in [0, 0.05) is 12.5 Å². The van der Waals surface area contributed by atoms with E-state index in [2.05, 4.69) is 10.6 Å². The molecule has 1 saturated heterocycles. The number of carboxylic acids is 1. The van der Waals surface area contributed by atoms with E-state index in [-0.39, 0.29) is 17.9 Å². The third kappa shape index (κ3) is 3.70. The number of nitrogens with one attached hydrogen (secondary N) is 2. The standard InChI is InChI=1S/C13H22N2O3/c16-12(7-9-5-6-14-8-9)15-11-3-1-10(2-4-11)13(17)18/h9-11,14H,1-8H2,(H,15,16)(H,17,18). The Hall–Kier alpha value is -1.10. The van der Waals surface area contributed by atoms with Crippen LogP contribution in [0.4, 0.5) is 0 Å². The predicted molar refractivity (Wildman–Crippen MR) is 67.1 cm³/mol. The number of amides is 1. The van der Waals surface area contributed by atoms with Crippen molar-refractivity contribution in [2.45, 2.75) is 44.6 Å². The maximum absolute atomic E-state index is 11.8. The van der Waals surface area contributed by atoms with Gasteiger partial charge >= 0.3 is 5.97 Å². The van der Waals surface area contributed by atoms with E-state index < -0.39 is 5.97 Å². The SMILES string of the molecule is O=C(CC1CCNC1)NC1CCC(C(=O)O)CC1. The van der Waals surface area contributed by atoms with Crippen molar-refractivity contribution in [2.75, 3.05) is 13.1 Å². The highest BCUT2D eigenvalue weighted by Crippen LogP contribution is 2.24. The van der Waals surface area contributed by atoms with Crippen LogP contribution < -0.4 is 10.6 Å². The van der Waals surface area contributed by atoms with Gasteiger partial charge in [-0.05, 0) is 51.1 Å². The molecule has 1 unspecified atom stereocenters.